The Labute approximate surface area is 179 Å². The largest absolute Gasteiger partial charge is 0.451 e. The lowest BCUT2D eigenvalue weighted by atomic mass is 10.00. The number of carbonyl (C=O) groups excluding carboxylic acids is 2. The predicted octanol–water partition coefficient (Wildman–Crippen LogP) is 3.55. The topological polar surface area (TPSA) is 80.4 Å². The molecule has 1 atom stereocenters. The number of fused-ring (bicyclic) bond motifs is 1. The molecule has 0 bridgehead atoms. The monoisotopic (exact) mass is 414 g/mol. The van der Waals surface area contributed by atoms with Gasteiger partial charge in [-0.3, -0.25) is 9.59 Å². The van der Waals surface area contributed by atoms with Gasteiger partial charge in [-0.2, -0.15) is 5.10 Å². The molecule has 4 aromatic rings. The van der Waals surface area contributed by atoms with Crippen LogP contribution in [-0.2, 0) is 4.79 Å². The number of rotatable bonds is 3. The van der Waals surface area contributed by atoms with Gasteiger partial charge in [0.05, 0.1) is 11.4 Å². The molecule has 0 radical (unpaired) electrons. The van der Waals surface area contributed by atoms with Crippen LogP contribution in [0.15, 0.2) is 65.1 Å². The Hall–Kier alpha value is -3.87. The number of para-hydroxylation sites is 2. The van der Waals surface area contributed by atoms with Crippen molar-refractivity contribution in [3.8, 4) is 5.69 Å². The van der Waals surface area contributed by atoms with E-state index in [0.717, 1.165) is 22.3 Å². The lowest BCUT2D eigenvalue weighted by molar-refractivity contribution is -0.128. The molecule has 1 fully saturated rings. The van der Waals surface area contributed by atoms with E-state index in [0.29, 0.717) is 24.4 Å². The SMILES string of the molecule is Cc1nn(-c2ccccc2)c(C)c1C1C(=O)NCCN1C(=O)c1cc2ccccc2o1. The molecule has 0 saturated carbocycles. The van der Waals surface area contributed by atoms with E-state index in [1.54, 1.807) is 11.0 Å². The fourth-order valence-corrected chi connectivity index (χ4v) is 4.27. The fourth-order valence-electron chi connectivity index (χ4n) is 4.27. The summed E-state index contributed by atoms with van der Waals surface area (Å²) in [6, 6.07) is 18.2. The van der Waals surface area contributed by atoms with Gasteiger partial charge < -0.3 is 14.6 Å². The molecule has 156 valence electrons. The second-order valence-electron chi connectivity index (χ2n) is 7.67. The van der Waals surface area contributed by atoms with E-state index in [1.807, 2.05) is 73.1 Å². The standard InChI is InChI=1S/C24H22N4O3/c1-15-21(16(2)28(26-15)18-9-4-3-5-10-18)22-23(29)25-12-13-27(22)24(30)20-14-17-8-6-7-11-19(17)31-20/h3-11,14,22H,12-13H2,1-2H3,(H,25,29). The molecule has 1 saturated heterocycles. The maximum atomic E-state index is 13.4. The van der Waals surface area contributed by atoms with Gasteiger partial charge in [-0.15, -0.1) is 0 Å². The molecule has 2 aromatic heterocycles. The minimum atomic E-state index is -0.771. The van der Waals surface area contributed by atoms with Gasteiger partial charge in [-0.05, 0) is 38.1 Å². The van der Waals surface area contributed by atoms with Gasteiger partial charge in [0.25, 0.3) is 5.91 Å². The minimum absolute atomic E-state index is 0.213. The fraction of sp³-hybridized carbons (Fsp3) is 0.208. The van der Waals surface area contributed by atoms with E-state index < -0.39 is 6.04 Å². The lowest BCUT2D eigenvalue weighted by Gasteiger charge is -2.34. The molecule has 2 aromatic carbocycles. The predicted molar refractivity (Wildman–Crippen MR) is 116 cm³/mol. The number of carbonyl (C=O) groups is 2. The molecule has 7 heteroatoms. The Morgan fingerprint density at radius 2 is 1.84 bits per heavy atom. The number of hydrogen-bond acceptors (Lipinski definition) is 4. The zero-order chi connectivity index (χ0) is 21.5. The van der Waals surface area contributed by atoms with Crippen molar-refractivity contribution in [2.24, 2.45) is 0 Å². The summed E-state index contributed by atoms with van der Waals surface area (Å²) in [6.07, 6.45) is 0. The first-order valence-corrected chi connectivity index (χ1v) is 10.2. The highest BCUT2D eigenvalue weighted by Gasteiger charge is 2.39. The highest BCUT2D eigenvalue weighted by molar-refractivity contribution is 5.99. The van der Waals surface area contributed by atoms with E-state index in [1.165, 1.54) is 0 Å². The van der Waals surface area contributed by atoms with E-state index >= 15 is 0 Å². The van der Waals surface area contributed by atoms with Gasteiger partial charge in [-0.1, -0.05) is 36.4 Å². The van der Waals surface area contributed by atoms with Crippen LogP contribution in [-0.4, -0.2) is 39.6 Å². The van der Waals surface area contributed by atoms with Crippen molar-refractivity contribution in [1.82, 2.24) is 20.0 Å². The maximum Gasteiger partial charge on any atom is 0.290 e. The first-order valence-electron chi connectivity index (χ1n) is 10.2. The molecule has 2 amide bonds. The van der Waals surface area contributed by atoms with Gasteiger partial charge in [0.15, 0.2) is 5.76 Å². The summed E-state index contributed by atoms with van der Waals surface area (Å²) >= 11 is 0. The number of piperazine rings is 1. The smallest absolute Gasteiger partial charge is 0.290 e. The number of furan rings is 1. The van der Waals surface area contributed by atoms with E-state index in [2.05, 4.69) is 10.4 Å². The van der Waals surface area contributed by atoms with Crippen LogP contribution in [0.3, 0.4) is 0 Å². The zero-order valence-corrected chi connectivity index (χ0v) is 17.3. The first kappa shape index (κ1) is 19.1. The molecular formula is C24H22N4O3. The Morgan fingerprint density at radius 1 is 1.10 bits per heavy atom. The molecule has 1 aliphatic heterocycles. The third kappa shape index (κ3) is 3.18. The second kappa shape index (κ2) is 7.43. The second-order valence-corrected chi connectivity index (χ2v) is 7.67. The Kier molecular flexibility index (Phi) is 4.58. The van der Waals surface area contributed by atoms with Crippen molar-refractivity contribution in [3.05, 3.63) is 83.4 Å². The highest BCUT2D eigenvalue weighted by Crippen LogP contribution is 2.32. The Balaban J connectivity index is 1.57. The van der Waals surface area contributed by atoms with E-state index in [-0.39, 0.29) is 17.6 Å². The van der Waals surface area contributed by atoms with E-state index in [4.69, 9.17) is 4.42 Å². The summed E-state index contributed by atoms with van der Waals surface area (Å²) < 4.78 is 7.61. The number of benzene rings is 2. The number of nitrogens with zero attached hydrogens (tertiary/aromatic N) is 3. The first-order chi connectivity index (χ1) is 15.0. The molecule has 3 heterocycles. The Morgan fingerprint density at radius 3 is 2.61 bits per heavy atom. The quantitative estimate of drug-likeness (QED) is 0.556. The van der Waals surface area contributed by atoms with Crippen LogP contribution in [0.25, 0.3) is 16.7 Å². The Bertz CT molecular complexity index is 1260. The maximum absolute atomic E-state index is 13.4. The van der Waals surface area contributed by atoms with Gasteiger partial charge in [-0.25, -0.2) is 4.68 Å². The van der Waals surface area contributed by atoms with Crippen LogP contribution in [0.2, 0.25) is 0 Å². The van der Waals surface area contributed by atoms with Gasteiger partial charge >= 0.3 is 0 Å². The van der Waals surface area contributed by atoms with Crippen molar-refractivity contribution in [2.45, 2.75) is 19.9 Å². The van der Waals surface area contributed by atoms with Gasteiger partial charge in [0.1, 0.15) is 11.6 Å². The minimum Gasteiger partial charge on any atom is -0.451 e. The average Bonchev–Trinajstić information content (AvgIpc) is 3.35. The molecular weight excluding hydrogens is 392 g/mol. The summed E-state index contributed by atoms with van der Waals surface area (Å²) in [5, 5.41) is 8.42. The lowest BCUT2D eigenvalue weighted by Crippen LogP contribution is -2.52. The van der Waals surface area contributed by atoms with Crippen molar-refractivity contribution in [3.63, 3.8) is 0 Å². The van der Waals surface area contributed by atoms with Crippen LogP contribution in [0.1, 0.15) is 33.5 Å². The molecule has 0 aliphatic carbocycles. The third-order valence-corrected chi connectivity index (χ3v) is 5.73. The molecule has 1 unspecified atom stereocenters. The molecule has 5 rings (SSSR count). The number of hydrogen-bond donors (Lipinski definition) is 1. The van der Waals surface area contributed by atoms with Crippen LogP contribution in [0.5, 0.6) is 0 Å². The normalized spacial score (nSPS) is 16.5. The van der Waals surface area contributed by atoms with Gasteiger partial charge in [0, 0.05) is 29.7 Å². The van der Waals surface area contributed by atoms with Crippen LogP contribution >= 0.6 is 0 Å². The summed E-state index contributed by atoms with van der Waals surface area (Å²) in [5.74, 6) is -0.288. The van der Waals surface area contributed by atoms with Crippen molar-refractivity contribution in [1.29, 1.82) is 0 Å². The van der Waals surface area contributed by atoms with Crippen molar-refractivity contribution in [2.75, 3.05) is 13.1 Å². The number of amides is 2. The molecule has 1 aliphatic rings. The summed E-state index contributed by atoms with van der Waals surface area (Å²) in [4.78, 5) is 28.0. The molecule has 31 heavy (non-hydrogen) atoms. The summed E-state index contributed by atoms with van der Waals surface area (Å²) in [5.41, 5.74) is 3.83. The van der Waals surface area contributed by atoms with Crippen molar-refractivity contribution >= 4 is 22.8 Å². The van der Waals surface area contributed by atoms with Crippen LogP contribution < -0.4 is 5.32 Å². The number of nitrogens with one attached hydrogen (secondary N) is 1. The number of aromatic nitrogens is 2. The van der Waals surface area contributed by atoms with Crippen molar-refractivity contribution < 1.29 is 14.0 Å². The molecule has 1 N–H and O–H groups in total. The summed E-state index contributed by atoms with van der Waals surface area (Å²) in [7, 11) is 0. The average molecular weight is 414 g/mol. The van der Waals surface area contributed by atoms with Crippen LogP contribution in [0, 0.1) is 13.8 Å². The summed E-state index contributed by atoms with van der Waals surface area (Å²) in [6.45, 7) is 4.58. The van der Waals surface area contributed by atoms with E-state index in [9.17, 15) is 9.59 Å². The highest BCUT2D eigenvalue weighted by atomic mass is 16.3. The van der Waals surface area contributed by atoms with Gasteiger partial charge in [0.2, 0.25) is 5.91 Å². The molecule has 7 nitrogen and oxygen atoms in total. The zero-order valence-electron chi connectivity index (χ0n) is 17.3. The molecule has 0 spiro atoms. The third-order valence-electron chi connectivity index (χ3n) is 5.73. The van der Waals surface area contributed by atoms with Crippen LogP contribution in [0.4, 0.5) is 0 Å². The number of aryl methyl sites for hydroxylation is 1.